The molecule has 4 rings (SSSR count). The quantitative estimate of drug-likeness (QED) is 0.599. The molecule has 0 saturated heterocycles. The Hall–Kier alpha value is -3.74. The van der Waals surface area contributed by atoms with Gasteiger partial charge in [0.2, 0.25) is 11.9 Å². The number of nitrogens with zero attached hydrogens (tertiary/aromatic N) is 4. The van der Waals surface area contributed by atoms with Crippen molar-refractivity contribution in [2.75, 3.05) is 5.32 Å². The van der Waals surface area contributed by atoms with E-state index in [-0.39, 0.29) is 0 Å². The van der Waals surface area contributed by atoms with E-state index in [4.69, 9.17) is 5.73 Å². The van der Waals surface area contributed by atoms with Gasteiger partial charge in [-0.15, -0.1) is 0 Å². The minimum atomic E-state index is -0.482. The van der Waals surface area contributed by atoms with Gasteiger partial charge >= 0.3 is 0 Å². The smallest absolute Gasteiger partial charge is 0.248 e. The van der Waals surface area contributed by atoms with Gasteiger partial charge < -0.3 is 11.1 Å². The predicted molar refractivity (Wildman–Crippen MR) is 94.5 cm³/mol. The zero-order chi connectivity index (χ0) is 17.2. The van der Waals surface area contributed by atoms with Crippen LogP contribution in [0.25, 0.3) is 17.0 Å². The number of aromatic nitrogens is 4. The highest BCUT2D eigenvalue weighted by Crippen LogP contribution is 2.21. The second kappa shape index (κ2) is 6.04. The summed E-state index contributed by atoms with van der Waals surface area (Å²) in [7, 11) is 0. The lowest BCUT2D eigenvalue weighted by Gasteiger charge is -2.07. The molecule has 3 aromatic heterocycles. The molecule has 1 amide bonds. The number of primary amides is 1. The van der Waals surface area contributed by atoms with Crippen LogP contribution in [0.1, 0.15) is 10.4 Å². The Bertz CT molecular complexity index is 1070. The van der Waals surface area contributed by atoms with Crippen molar-refractivity contribution in [3.8, 4) is 11.4 Å². The van der Waals surface area contributed by atoms with Crippen molar-refractivity contribution in [1.29, 1.82) is 0 Å². The minimum absolute atomic E-state index is 0.419. The average Bonchev–Trinajstić information content (AvgIpc) is 3.06. The third-order valence-corrected chi connectivity index (χ3v) is 3.74. The number of rotatable bonds is 4. The highest BCUT2D eigenvalue weighted by molar-refractivity contribution is 5.93. The number of benzene rings is 1. The van der Waals surface area contributed by atoms with Crippen LogP contribution in [0.5, 0.6) is 0 Å². The van der Waals surface area contributed by atoms with Gasteiger partial charge in [0, 0.05) is 23.6 Å². The molecule has 3 heterocycles. The van der Waals surface area contributed by atoms with Crippen molar-refractivity contribution in [3.05, 3.63) is 72.7 Å². The average molecular weight is 330 g/mol. The van der Waals surface area contributed by atoms with Crippen LogP contribution in [-0.2, 0) is 0 Å². The molecule has 0 spiro atoms. The second-order valence-corrected chi connectivity index (χ2v) is 5.41. The minimum Gasteiger partial charge on any atom is -0.366 e. The second-order valence-electron chi connectivity index (χ2n) is 5.41. The van der Waals surface area contributed by atoms with Crippen molar-refractivity contribution in [2.45, 2.75) is 0 Å². The summed E-state index contributed by atoms with van der Waals surface area (Å²) in [4.78, 5) is 24.4. The maximum absolute atomic E-state index is 11.3. The van der Waals surface area contributed by atoms with Gasteiger partial charge in [-0.1, -0.05) is 12.1 Å². The number of carbonyl (C=O) groups excluding carboxylic acids is 1. The van der Waals surface area contributed by atoms with Gasteiger partial charge in [0.1, 0.15) is 5.65 Å². The summed E-state index contributed by atoms with van der Waals surface area (Å²) in [6, 6.07) is 14.5. The fourth-order valence-electron chi connectivity index (χ4n) is 2.56. The van der Waals surface area contributed by atoms with Crippen molar-refractivity contribution in [2.24, 2.45) is 5.73 Å². The zero-order valence-electron chi connectivity index (χ0n) is 13.1. The van der Waals surface area contributed by atoms with E-state index in [0.29, 0.717) is 17.2 Å². The Morgan fingerprint density at radius 1 is 1.08 bits per heavy atom. The topological polar surface area (TPSA) is 98.2 Å². The molecule has 0 saturated carbocycles. The number of anilines is 2. The summed E-state index contributed by atoms with van der Waals surface area (Å²) in [5.41, 5.74) is 8.87. The number of hydrogen-bond donors (Lipinski definition) is 2. The van der Waals surface area contributed by atoms with Crippen molar-refractivity contribution in [1.82, 2.24) is 19.4 Å². The summed E-state index contributed by atoms with van der Waals surface area (Å²) in [5.74, 6) is -0.0611. The van der Waals surface area contributed by atoms with Crippen LogP contribution in [0.4, 0.5) is 11.6 Å². The monoisotopic (exact) mass is 330 g/mol. The molecule has 0 unspecified atom stereocenters. The molecule has 4 aromatic rings. The summed E-state index contributed by atoms with van der Waals surface area (Å²) in [6.45, 7) is 0. The van der Waals surface area contributed by atoms with Crippen molar-refractivity contribution in [3.63, 3.8) is 0 Å². The normalized spacial score (nSPS) is 10.7. The van der Waals surface area contributed by atoms with Gasteiger partial charge in [0.05, 0.1) is 17.6 Å². The number of nitrogens with two attached hydrogens (primary N) is 1. The molecule has 25 heavy (non-hydrogen) atoms. The molecule has 0 aliphatic rings. The third kappa shape index (κ3) is 2.90. The maximum atomic E-state index is 11.3. The van der Waals surface area contributed by atoms with E-state index < -0.39 is 5.91 Å². The van der Waals surface area contributed by atoms with Gasteiger partial charge in [0.15, 0.2) is 0 Å². The molecule has 122 valence electrons. The van der Waals surface area contributed by atoms with E-state index >= 15 is 0 Å². The summed E-state index contributed by atoms with van der Waals surface area (Å²) in [6.07, 6.45) is 5.38. The number of fused-ring (bicyclic) bond motifs is 1. The fraction of sp³-hybridized carbons (Fsp3) is 0. The number of carbonyl (C=O) groups is 1. The van der Waals surface area contributed by atoms with E-state index in [1.807, 2.05) is 40.9 Å². The number of imidazole rings is 1. The van der Waals surface area contributed by atoms with Crippen LogP contribution in [0.3, 0.4) is 0 Å². The summed E-state index contributed by atoms with van der Waals surface area (Å²) < 4.78 is 1.96. The van der Waals surface area contributed by atoms with Gasteiger partial charge in [-0.3, -0.25) is 9.20 Å². The van der Waals surface area contributed by atoms with Gasteiger partial charge in [-0.05, 0) is 36.4 Å². The van der Waals surface area contributed by atoms with E-state index in [0.717, 1.165) is 17.0 Å². The highest BCUT2D eigenvalue weighted by Gasteiger charge is 2.09. The number of hydrogen-bond acceptors (Lipinski definition) is 5. The van der Waals surface area contributed by atoms with Crippen LogP contribution in [-0.4, -0.2) is 25.3 Å². The molecule has 0 fully saturated rings. The third-order valence-electron chi connectivity index (χ3n) is 3.74. The van der Waals surface area contributed by atoms with Gasteiger partial charge in [-0.2, -0.15) is 0 Å². The molecule has 0 bridgehead atoms. The Morgan fingerprint density at radius 3 is 2.88 bits per heavy atom. The van der Waals surface area contributed by atoms with Crippen molar-refractivity contribution < 1.29 is 4.79 Å². The van der Waals surface area contributed by atoms with Gasteiger partial charge in [-0.25, -0.2) is 15.0 Å². The summed E-state index contributed by atoms with van der Waals surface area (Å²) in [5, 5.41) is 3.09. The van der Waals surface area contributed by atoms with E-state index in [1.165, 1.54) is 0 Å². The molecule has 7 nitrogen and oxygen atoms in total. The van der Waals surface area contributed by atoms with Crippen LogP contribution in [0.15, 0.2) is 67.1 Å². The van der Waals surface area contributed by atoms with E-state index in [9.17, 15) is 4.79 Å². The highest BCUT2D eigenvalue weighted by atomic mass is 16.1. The Labute approximate surface area is 143 Å². The molecule has 3 N–H and O–H groups in total. The number of pyridine rings is 1. The van der Waals surface area contributed by atoms with Crippen LogP contribution < -0.4 is 11.1 Å². The molecule has 1 aromatic carbocycles. The largest absolute Gasteiger partial charge is 0.366 e. The first kappa shape index (κ1) is 14.8. The Balaban J connectivity index is 1.68. The molecular formula is C18H14N6O. The van der Waals surface area contributed by atoms with Crippen LogP contribution in [0, 0.1) is 0 Å². The number of amides is 1. The molecule has 0 radical (unpaired) electrons. The first-order chi connectivity index (χ1) is 12.2. The van der Waals surface area contributed by atoms with E-state index in [2.05, 4.69) is 20.3 Å². The summed E-state index contributed by atoms with van der Waals surface area (Å²) >= 11 is 0. The SMILES string of the molecule is NC(=O)c1cccc(Nc2nccc(-c3cnc4ccccn34)n2)c1. The van der Waals surface area contributed by atoms with Crippen LogP contribution in [0.2, 0.25) is 0 Å². The standard InChI is InChI=1S/C18H14N6O/c19-17(25)12-4-3-5-13(10-12)22-18-20-8-7-14(23-18)15-11-21-16-6-1-2-9-24(15)16/h1-11H,(H2,19,25)(H,20,22,23). The zero-order valence-corrected chi connectivity index (χ0v) is 13.1. The number of nitrogens with one attached hydrogen (secondary N) is 1. The lowest BCUT2D eigenvalue weighted by Crippen LogP contribution is -2.11. The maximum Gasteiger partial charge on any atom is 0.248 e. The molecule has 0 atom stereocenters. The Morgan fingerprint density at radius 2 is 2.00 bits per heavy atom. The fourth-order valence-corrected chi connectivity index (χ4v) is 2.56. The van der Waals surface area contributed by atoms with Crippen molar-refractivity contribution >= 4 is 23.2 Å². The molecule has 0 aliphatic heterocycles. The first-order valence-corrected chi connectivity index (χ1v) is 7.63. The molecular weight excluding hydrogens is 316 g/mol. The van der Waals surface area contributed by atoms with Crippen LogP contribution >= 0.6 is 0 Å². The Kier molecular flexibility index (Phi) is 3.59. The molecule has 7 heteroatoms. The van der Waals surface area contributed by atoms with E-state index in [1.54, 1.807) is 30.6 Å². The van der Waals surface area contributed by atoms with Gasteiger partial charge in [0.25, 0.3) is 0 Å². The lowest BCUT2D eigenvalue weighted by molar-refractivity contribution is 0.100. The predicted octanol–water partition coefficient (Wildman–Crippen LogP) is 2.63. The lowest BCUT2D eigenvalue weighted by atomic mass is 10.2. The first-order valence-electron chi connectivity index (χ1n) is 7.63. The molecule has 0 aliphatic carbocycles.